The van der Waals surface area contributed by atoms with Gasteiger partial charge in [-0.2, -0.15) is 0 Å². The van der Waals surface area contributed by atoms with Crippen molar-refractivity contribution in [3.05, 3.63) is 101 Å². The van der Waals surface area contributed by atoms with Gasteiger partial charge in [-0.25, -0.2) is 0 Å². The van der Waals surface area contributed by atoms with Gasteiger partial charge in [0.2, 0.25) is 0 Å². The topological polar surface area (TPSA) is 9.23 Å². The second kappa shape index (κ2) is 7.34. The second-order valence-electron chi connectivity index (χ2n) is 5.62. The molecular weight excluding hydrogens is 304 g/mol. The van der Waals surface area contributed by atoms with Crippen molar-refractivity contribution in [2.75, 3.05) is 0 Å². The summed E-state index contributed by atoms with van der Waals surface area (Å²) in [6.45, 7) is 2.78. The lowest BCUT2D eigenvalue weighted by Crippen LogP contribution is -1.98. The molecule has 3 aromatic carbocycles. The van der Waals surface area contributed by atoms with Crippen LogP contribution in [0.2, 0.25) is 5.02 Å². The minimum absolute atomic E-state index is 0.299. The first kappa shape index (κ1) is 15.6. The first-order chi connectivity index (χ1) is 11.2. The first-order valence-corrected chi connectivity index (χ1v) is 8.12. The molecule has 0 aliphatic heterocycles. The maximum Gasteiger partial charge on any atom is 0.120 e. The van der Waals surface area contributed by atoms with Crippen molar-refractivity contribution in [2.45, 2.75) is 19.4 Å². The molecule has 0 saturated heterocycles. The van der Waals surface area contributed by atoms with Crippen LogP contribution in [0.4, 0.5) is 0 Å². The normalized spacial score (nSPS) is 11.9. The minimum Gasteiger partial charge on any atom is -0.489 e. The summed E-state index contributed by atoms with van der Waals surface area (Å²) in [6.07, 6.45) is 0. The van der Waals surface area contributed by atoms with Crippen molar-refractivity contribution < 1.29 is 4.74 Å². The van der Waals surface area contributed by atoms with E-state index in [1.165, 1.54) is 16.7 Å². The Morgan fingerprint density at radius 1 is 0.826 bits per heavy atom. The van der Waals surface area contributed by atoms with Crippen LogP contribution >= 0.6 is 11.6 Å². The van der Waals surface area contributed by atoms with Crippen LogP contribution < -0.4 is 4.74 Å². The van der Waals surface area contributed by atoms with Gasteiger partial charge in [-0.1, -0.05) is 73.1 Å². The van der Waals surface area contributed by atoms with Crippen molar-refractivity contribution in [2.24, 2.45) is 0 Å². The molecule has 1 unspecified atom stereocenters. The molecule has 0 radical (unpaired) electrons. The average molecular weight is 323 g/mol. The third-order valence-electron chi connectivity index (χ3n) is 3.98. The van der Waals surface area contributed by atoms with Gasteiger partial charge in [-0.15, -0.1) is 0 Å². The number of hydrogen-bond donors (Lipinski definition) is 0. The van der Waals surface area contributed by atoms with Gasteiger partial charge in [-0.05, 0) is 41.0 Å². The van der Waals surface area contributed by atoms with Crippen molar-refractivity contribution in [1.29, 1.82) is 0 Å². The van der Waals surface area contributed by atoms with Gasteiger partial charge in [0, 0.05) is 10.9 Å². The van der Waals surface area contributed by atoms with Crippen LogP contribution in [0.5, 0.6) is 5.75 Å². The third-order valence-corrected chi connectivity index (χ3v) is 4.23. The molecule has 0 aliphatic carbocycles. The molecule has 0 aliphatic rings. The molecule has 0 N–H and O–H groups in total. The number of rotatable bonds is 5. The Labute approximate surface area is 142 Å². The van der Waals surface area contributed by atoms with Crippen molar-refractivity contribution >= 4 is 11.6 Å². The Hall–Kier alpha value is -2.25. The lowest BCUT2D eigenvalue weighted by Gasteiger charge is -2.14. The zero-order chi connectivity index (χ0) is 16.1. The highest BCUT2D eigenvalue weighted by atomic mass is 35.5. The van der Waals surface area contributed by atoms with Gasteiger partial charge in [0.25, 0.3) is 0 Å². The fourth-order valence-corrected chi connectivity index (χ4v) is 2.68. The van der Waals surface area contributed by atoms with E-state index in [1.54, 1.807) is 0 Å². The lowest BCUT2D eigenvalue weighted by molar-refractivity contribution is 0.306. The molecule has 2 heteroatoms. The summed E-state index contributed by atoms with van der Waals surface area (Å²) < 4.78 is 5.92. The minimum atomic E-state index is 0.299. The fourth-order valence-electron chi connectivity index (χ4n) is 2.56. The van der Waals surface area contributed by atoms with Crippen LogP contribution in [0.3, 0.4) is 0 Å². The third kappa shape index (κ3) is 4.14. The molecule has 0 aromatic heterocycles. The Morgan fingerprint density at radius 3 is 2.30 bits per heavy atom. The lowest BCUT2D eigenvalue weighted by atomic mass is 9.93. The summed E-state index contributed by atoms with van der Waals surface area (Å²) in [6, 6.07) is 26.5. The zero-order valence-corrected chi connectivity index (χ0v) is 13.8. The van der Waals surface area contributed by atoms with E-state index in [1.807, 2.05) is 42.5 Å². The van der Waals surface area contributed by atoms with Crippen molar-refractivity contribution in [3.8, 4) is 5.75 Å². The molecule has 0 amide bonds. The van der Waals surface area contributed by atoms with E-state index in [0.717, 1.165) is 10.8 Å². The van der Waals surface area contributed by atoms with Crippen molar-refractivity contribution in [1.82, 2.24) is 0 Å². The van der Waals surface area contributed by atoms with E-state index in [9.17, 15) is 0 Å². The van der Waals surface area contributed by atoms with E-state index in [0.29, 0.717) is 12.5 Å². The second-order valence-corrected chi connectivity index (χ2v) is 6.06. The Morgan fingerprint density at radius 2 is 1.57 bits per heavy atom. The summed E-state index contributed by atoms with van der Waals surface area (Å²) in [4.78, 5) is 0. The molecule has 0 fully saturated rings. The molecule has 3 aromatic rings. The maximum absolute atomic E-state index is 5.97. The molecule has 0 spiro atoms. The highest BCUT2D eigenvalue weighted by Gasteiger charge is 2.09. The molecule has 23 heavy (non-hydrogen) atoms. The van der Waals surface area contributed by atoms with E-state index in [2.05, 4.69) is 43.3 Å². The summed E-state index contributed by atoms with van der Waals surface area (Å²) in [5.41, 5.74) is 3.65. The number of ether oxygens (including phenoxy) is 1. The predicted octanol–water partition coefficient (Wildman–Crippen LogP) is 6.07. The highest BCUT2D eigenvalue weighted by molar-refractivity contribution is 6.30. The van der Waals surface area contributed by atoms with Gasteiger partial charge >= 0.3 is 0 Å². The van der Waals surface area contributed by atoms with Crippen LogP contribution in [-0.4, -0.2) is 0 Å². The van der Waals surface area contributed by atoms with Crippen LogP contribution in [0.1, 0.15) is 29.5 Å². The molecule has 0 saturated carbocycles. The molecule has 3 rings (SSSR count). The first-order valence-electron chi connectivity index (χ1n) is 7.74. The summed E-state index contributed by atoms with van der Waals surface area (Å²) in [5.74, 6) is 1.19. The Bertz CT molecular complexity index is 750. The average Bonchev–Trinajstić information content (AvgIpc) is 2.61. The zero-order valence-electron chi connectivity index (χ0n) is 13.1. The SMILES string of the molecule is CC(c1ccc(Cl)cc1)c1cccc(OCc2ccccc2)c1. The van der Waals surface area contributed by atoms with Crippen LogP contribution in [0.15, 0.2) is 78.9 Å². The molecule has 0 heterocycles. The molecular formula is C21H19ClO. The van der Waals surface area contributed by atoms with Gasteiger partial charge in [0.15, 0.2) is 0 Å². The summed E-state index contributed by atoms with van der Waals surface area (Å²) in [5, 5.41) is 0.765. The maximum atomic E-state index is 5.97. The largest absolute Gasteiger partial charge is 0.489 e. The highest BCUT2D eigenvalue weighted by Crippen LogP contribution is 2.28. The van der Waals surface area contributed by atoms with Gasteiger partial charge < -0.3 is 4.74 Å². The van der Waals surface area contributed by atoms with E-state index in [-0.39, 0.29) is 0 Å². The van der Waals surface area contributed by atoms with Crippen LogP contribution in [0, 0.1) is 0 Å². The molecule has 1 nitrogen and oxygen atoms in total. The Balaban J connectivity index is 1.73. The predicted molar refractivity (Wildman–Crippen MR) is 96.2 cm³/mol. The number of halogens is 1. The van der Waals surface area contributed by atoms with E-state index in [4.69, 9.17) is 16.3 Å². The standard InChI is InChI=1S/C21H19ClO/c1-16(18-10-12-20(22)13-11-18)19-8-5-9-21(14-19)23-15-17-6-3-2-4-7-17/h2-14,16H,15H2,1H3. The van der Waals surface area contributed by atoms with Gasteiger partial charge in [0.1, 0.15) is 12.4 Å². The van der Waals surface area contributed by atoms with Crippen LogP contribution in [-0.2, 0) is 6.61 Å². The monoisotopic (exact) mass is 322 g/mol. The molecule has 1 atom stereocenters. The van der Waals surface area contributed by atoms with Crippen molar-refractivity contribution in [3.63, 3.8) is 0 Å². The summed E-state index contributed by atoms with van der Waals surface area (Å²) in [7, 11) is 0. The van der Waals surface area contributed by atoms with Crippen LogP contribution in [0.25, 0.3) is 0 Å². The molecule has 0 bridgehead atoms. The fraction of sp³-hybridized carbons (Fsp3) is 0.143. The van der Waals surface area contributed by atoms with E-state index < -0.39 is 0 Å². The Kier molecular flexibility index (Phi) is 4.99. The molecule has 116 valence electrons. The summed E-state index contributed by atoms with van der Waals surface area (Å²) >= 11 is 5.97. The quantitative estimate of drug-likeness (QED) is 0.554. The van der Waals surface area contributed by atoms with E-state index >= 15 is 0 Å². The van der Waals surface area contributed by atoms with Gasteiger partial charge in [-0.3, -0.25) is 0 Å². The number of hydrogen-bond acceptors (Lipinski definition) is 1. The smallest absolute Gasteiger partial charge is 0.120 e. The van der Waals surface area contributed by atoms with Gasteiger partial charge in [0.05, 0.1) is 0 Å². The number of benzene rings is 3.